The van der Waals surface area contributed by atoms with Crippen molar-refractivity contribution in [3.8, 4) is 0 Å². The van der Waals surface area contributed by atoms with Crippen LogP contribution in [0.1, 0.15) is 41.6 Å². The van der Waals surface area contributed by atoms with Crippen LogP contribution in [0, 0.1) is 5.82 Å². The largest absolute Gasteiger partial charge is 0.416 e. The number of carbonyl (C=O) groups excluding carboxylic acids is 1. The summed E-state index contributed by atoms with van der Waals surface area (Å²) in [4.78, 5) is 23.9. The highest BCUT2D eigenvalue weighted by molar-refractivity contribution is 5.94. The van der Waals surface area contributed by atoms with Gasteiger partial charge in [0.1, 0.15) is 11.6 Å². The standard InChI is InChI=1S/C22H25F6N5O/c23-17-11-15(22(26,27)28)1-2-16(17)19(34)30-13-20(3-5-21(24,25)6-4-20)33-9-7-32(8-10-33)18-12-29-14-31-18/h1-2,11-12,14H,3-10,13H2,(H,29,31)(H,30,34). The van der Waals surface area contributed by atoms with E-state index in [1.807, 2.05) is 0 Å². The normalized spacial score (nSPS) is 20.8. The van der Waals surface area contributed by atoms with Crippen LogP contribution in [0.2, 0.25) is 0 Å². The van der Waals surface area contributed by atoms with Gasteiger partial charge < -0.3 is 15.2 Å². The third-order valence-electron chi connectivity index (χ3n) is 6.79. The molecule has 0 bridgehead atoms. The third-order valence-corrected chi connectivity index (χ3v) is 6.79. The minimum absolute atomic E-state index is 0.00915. The van der Waals surface area contributed by atoms with E-state index in [2.05, 4.69) is 25.1 Å². The molecule has 2 N–H and O–H groups in total. The van der Waals surface area contributed by atoms with Crippen molar-refractivity contribution in [2.75, 3.05) is 37.6 Å². The number of benzene rings is 1. The number of rotatable bonds is 5. The monoisotopic (exact) mass is 489 g/mol. The maximum Gasteiger partial charge on any atom is 0.416 e. The molecule has 0 unspecified atom stereocenters. The summed E-state index contributed by atoms with van der Waals surface area (Å²) in [6, 6.07) is 1.71. The number of anilines is 1. The molecule has 6 nitrogen and oxygen atoms in total. The highest BCUT2D eigenvalue weighted by atomic mass is 19.4. The van der Waals surface area contributed by atoms with Crippen LogP contribution < -0.4 is 10.2 Å². The molecule has 2 aliphatic rings. The number of halogens is 6. The molecule has 186 valence electrons. The van der Waals surface area contributed by atoms with E-state index in [1.54, 1.807) is 12.5 Å². The van der Waals surface area contributed by atoms with Crippen LogP contribution >= 0.6 is 0 Å². The Hall–Kier alpha value is -2.76. The molecule has 2 fully saturated rings. The Morgan fingerprint density at radius 3 is 2.32 bits per heavy atom. The highest BCUT2D eigenvalue weighted by Crippen LogP contribution is 2.42. The summed E-state index contributed by atoms with van der Waals surface area (Å²) < 4.78 is 80.5. The minimum Gasteiger partial charge on any atom is -0.353 e. The Morgan fingerprint density at radius 2 is 1.76 bits per heavy atom. The molecule has 1 saturated carbocycles. The van der Waals surface area contributed by atoms with E-state index in [4.69, 9.17) is 0 Å². The van der Waals surface area contributed by atoms with Gasteiger partial charge in [0.15, 0.2) is 0 Å². The van der Waals surface area contributed by atoms with E-state index in [0.717, 1.165) is 11.9 Å². The van der Waals surface area contributed by atoms with Gasteiger partial charge in [-0.3, -0.25) is 9.69 Å². The van der Waals surface area contributed by atoms with Gasteiger partial charge in [-0.05, 0) is 31.0 Å². The first kappa shape index (κ1) is 24.4. The number of piperazine rings is 1. The van der Waals surface area contributed by atoms with E-state index in [1.165, 1.54) is 0 Å². The van der Waals surface area contributed by atoms with Crippen LogP contribution in [0.3, 0.4) is 0 Å². The van der Waals surface area contributed by atoms with Gasteiger partial charge in [0.05, 0.1) is 17.5 Å². The number of aromatic nitrogens is 2. The lowest BCUT2D eigenvalue weighted by molar-refractivity contribution is -0.137. The van der Waals surface area contributed by atoms with E-state index < -0.39 is 40.5 Å². The predicted octanol–water partition coefficient (Wildman–Crippen LogP) is 4.07. The predicted molar refractivity (Wildman–Crippen MR) is 112 cm³/mol. The van der Waals surface area contributed by atoms with E-state index in [-0.39, 0.29) is 38.3 Å². The van der Waals surface area contributed by atoms with Gasteiger partial charge in [-0.2, -0.15) is 13.2 Å². The second kappa shape index (κ2) is 9.12. The maximum atomic E-state index is 14.2. The van der Waals surface area contributed by atoms with Gasteiger partial charge in [-0.15, -0.1) is 0 Å². The smallest absolute Gasteiger partial charge is 0.353 e. The van der Waals surface area contributed by atoms with Gasteiger partial charge in [0, 0.05) is 57.3 Å². The molecule has 1 aromatic heterocycles. The fourth-order valence-electron chi connectivity index (χ4n) is 4.74. The minimum atomic E-state index is -4.73. The SMILES string of the molecule is O=C(NCC1(N2CCN(c3c[nH]cn3)CC2)CCC(F)(F)CC1)c1ccc(C(F)(F)F)cc1F. The average molecular weight is 489 g/mol. The number of imidazole rings is 1. The van der Waals surface area contributed by atoms with Crippen LogP contribution in [-0.2, 0) is 6.18 Å². The zero-order valence-electron chi connectivity index (χ0n) is 18.3. The molecule has 0 radical (unpaired) electrons. The number of hydrogen-bond donors (Lipinski definition) is 2. The molecule has 1 saturated heterocycles. The molecule has 4 rings (SSSR count). The van der Waals surface area contributed by atoms with Crippen LogP contribution in [0.25, 0.3) is 0 Å². The highest BCUT2D eigenvalue weighted by Gasteiger charge is 2.47. The Labute approximate surface area is 192 Å². The van der Waals surface area contributed by atoms with Gasteiger partial charge >= 0.3 is 6.18 Å². The van der Waals surface area contributed by atoms with Crippen LogP contribution in [-0.4, -0.2) is 65.0 Å². The topological polar surface area (TPSA) is 64.3 Å². The van der Waals surface area contributed by atoms with Crippen molar-refractivity contribution in [3.63, 3.8) is 0 Å². The molecule has 34 heavy (non-hydrogen) atoms. The lowest BCUT2D eigenvalue weighted by Crippen LogP contribution is -2.63. The van der Waals surface area contributed by atoms with Crippen molar-refractivity contribution in [3.05, 3.63) is 47.7 Å². The van der Waals surface area contributed by atoms with E-state index >= 15 is 0 Å². The third kappa shape index (κ3) is 5.16. The van der Waals surface area contributed by atoms with Crippen LogP contribution in [0.5, 0.6) is 0 Å². The second-order valence-corrected chi connectivity index (χ2v) is 8.86. The number of hydrogen-bond acceptors (Lipinski definition) is 4. The Balaban J connectivity index is 1.46. The lowest BCUT2D eigenvalue weighted by Gasteiger charge is -2.51. The maximum absolute atomic E-state index is 14.2. The van der Waals surface area contributed by atoms with Crippen molar-refractivity contribution < 1.29 is 31.1 Å². The molecule has 1 amide bonds. The summed E-state index contributed by atoms with van der Waals surface area (Å²) in [5.74, 6) is -4.17. The number of carbonyl (C=O) groups is 1. The molecular formula is C22H25F6N5O. The number of amides is 1. The quantitative estimate of drug-likeness (QED) is 0.622. The Bertz CT molecular complexity index is 992. The van der Waals surface area contributed by atoms with E-state index in [0.29, 0.717) is 32.2 Å². The number of aromatic amines is 1. The first-order chi connectivity index (χ1) is 16.0. The average Bonchev–Trinajstić information content (AvgIpc) is 3.33. The molecule has 2 aromatic rings. The molecule has 12 heteroatoms. The summed E-state index contributed by atoms with van der Waals surface area (Å²) in [7, 11) is 0. The van der Waals surface area contributed by atoms with Crippen molar-refractivity contribution in [2.24, 2.45) is 0 Å². The van der Waals surface area contributed by atoms with Gasteiger partial charge in [-0.25, -0.2) is 18.2 Å². The summed E-state index contributed by atoms with van der Waals surface area (Å²) in [6.45, 7) is 2.34. The lowest BCUT2D eigenvalue weighted by atomic mass is 9.78. The number of nitrogens with zero attached hydrogens (tertiary/aromatic N) is 3. The number of nitrogens with one attached hydrogen (secondary N) is 2. The molecule has 1 aliphatic carbocycles. The fraction of sp³-hybridized carbons (Fsp3) is 0.545. The van der Waals surface area contributed by atoms with Crippen molar-refractivity contribution in [2.45, 2.75) is 43.3 Å². The summed E-state index contributed by atoms with van der Waals surface area (Å²) in [6.07, 6.45) is -1.79. The van der Waals surface area contributed by atoms with Crippen LogP contribution in [0.15, 0.2) is 30.7 Å². The van der Waals surface area contributed by atoms with Crippen molar-refractivity contribution >= 4 is 11.7 Å². The summed E-state index contributed by atoms with van der Waals surface area (Å²) in [5, 5.41) is 2.59. The molecular weight excluding hydrogens is 464 g/mol. The van der Waals surface area contributed by atoms with E-state index in [9.17, 15) is 31.1 Å². The fourth-order valence-corrected chi connectivity index (χ4v) is 4.74. The summed E-state index contributed by atoms with van der Waals surface area (Å²) >= 11 is 0. The summed E-state index contributed by atoms with van der Waals surface area (Å²) in [5.41, 5.74) is -2.47. The van der Waals surface area contributed by atoms with Crippen molar-refractivity contribution in [1.82, 2.24) is 20.2 Å². The van der Waals surface area contributed by atoms with Gasteiger partial charge in [0.2, 0.25) is 5.92 Å². The van der Waals surface area contributed by atoms with Gasteiger partial charge in [0.25, 0.3) is 5.91 Å². The number of H-pyrrole nitrogens is 1. The van der Waals surface area contributed by atoms with Crippen LogP contribution in [0.4, 0.5) is 32.2 Å². The molecule has 2 heterocycles. The zero-order valence-corrected chi connectivity index (χ0v) is 18.3. The molecule has 1 aliphatic heterocycles. The second-order valence-electron chi connectivity index (χ2n) is 8.86. The number of alkyl halides is 5. The Kier molecular flexibility index (Phi) is 6.54. The molecule has 0 spiro atoms. The van der Waals surface area contributed by atoms with Gasteiger partial charge in [-0.1, -0.05) is 0 Å². The first-order valence-corrected chi connectivity index (χ1v) is 11.0. The van der Waals surface area contributed by atoms with Crippen molar-refractivity contribution in [1.29, 1.82) is 0 Å². The molecule has 1 aromatic carbocycles. The Morgan fingerprint density at radius 1 is 1.09 bits per heavy atom. The zero-order chi connectivity index (χ0) is 24.6. The first-order valence-electron chi connectivity index (χ1n) is 11.0. The molecule has 0 atom stereocenters.